The Hall–Kier alpha value is -2.45. The molecule has 0 radical (unpaired) electrons. The van der Waals surface area contributed by atoms with Gasteiger partial charge in [-0.2, -0.15) is 0 Å². The van der Waals surface area contributed by atoms with Crippen molar-refractivity contribution in [2.75, 3.05) is 20.2 Å². The zero-order valence-electron chi connectivity index (χ0n) is 14.4. The topological polar surface area (TPSA) is 122 Å². The van der Waals surface area contributed by atoms with Gasteiger partial charge in [0.25, 0.3) is 5.91 Å². The predicted molar refractivity (Wildman–Crippen MR) is 84.8 cm³/mol. The zero-order valence-corrected chi connectivity index (χ0v) is 14.4. The van der Waals surface area contributed by atoms with E-state index in [0.29, 0.717) is 12.8 Å². The summed E-state index contributed by atoms with van der Waals surface area (Å²) in [6.45, 7) is 0.607. The molecule has 0 unspecified atom stereocenters. The molecule has 3 atom stereocenters. The van der Waals surface area contributed by atoms with Crippen LogP contribution >= 0.6 is 0 Å². The average Bonchev–Trinajstić information content (AvgIpc) is 2.88. The van der Waals surface area contributed by atoms with Crippen LogP contribution in [-0.2, 0) is 28.7 Å². The summed E-state index contributed by atoms with van der Waals surface area (Å²) in [5.74, 6) is -3.19. The minimum atomic E-state index is -1.07. The van der Waals surface area contributed by atoms with Crippen LogP contribution in [-0.4, -0.2) is 60.7 Å². The van der Waals surface area contributed by atoms with Crippen LogP contribution < -0.4 is 10.6 Å². The first kappa shape index (κ1) is 18.9. The number of carbonyl (C=O) groups excluding carboxylic acids is 5. The first-order valence-electron chi connectivity index (χ1n) is 8.37. The normalized spacial score (nSPS) is 23.7. The largest absolute Gasteiger partial charge is 0.454 e. The summed E-state index contributed by atoms with van der Waals surface area (Å²) in [5, 5.41) is 4.61. The lowest BCUT2D eigenvalue weighted by Crippen LogP contribution is -2.45. The number of ether oxygens (including phenoxy) is 1. The van der Waals surface area contributed by atoms with Crippen molar-refractivity contribution in [3.63, 3.8) is 0 Å². The summed E-state index contributed by atoms with van der Waals surface area (Å²) in [5.41, 5.74) is 0. The molecule has 2 fully saturated rings. The van der Waals surface area contributed by atoms with Crippen LogP contribution in [0.1, 0.15) is 32.6 Å². The summed E-state index contributed by atoms with van der Waals surface area (Å²) in [6.07, 6.45) is 3.13. The van der Waals surface area contributed by atoms with E-state index in [1.165, 1.54) is 14.0 Å². The Morgan fingerprint density at radius 3 is 2.20 bits per heavy atom. The van der Waals surface area contributed by atoms with E-state index in [1.807, 2.05) is 0 Å². The van der Waals surface area contributed by atoms with Crippen molar-refractivity contribution < 1.29 is 28.7 Å². The molecule has 2 N–H and O–H groups in total. The van der Waals surface area contributed by atoms with E-state index >= 15 is 0 Å². The van der Waals surface area contributed by atoms with Gasteiger partial charge in [-0.05, 0) is 19.8 Å². The highest BCUT2D eigenvalue weighted by Gasteiger charge is 2.51. The molecule has 0 spiro atoms. The molecule has 1 heterocycles. The molecule has 0 bridgehead atoms. The number of rotatable bonds is 6. The summed E-state index contributed by atoms with van der Waals surface area (Å²) in [7, 11) is 1.43. The Morgan fingerprint density at radius 1 is 1.12 bits per heavy atom. The first-order chi connectivity index (χ1) is 11.9. The fourth-order valence-corrected chi connectivity index (χ4v) is 3.25. The van der Waals surface area contributed by atoms with Crippen molar-refractivity contribution >= 4 is 29.6 Å². The van der Waals surface area contributed by atoms with Gasteiger partial charge in [0.2, 0.25) is 17.7 Å². The highest BCUT2D eigenvalue weighted by Crippen LogP contribution is 2.38. The van der Waals surface area contributed by atoms with Crippen molar-refractivity contribution in [2.24, 2.45) is 11.8 Å². The molecular formula is C16H23N3O6. The summed E-state index contributed by atoms with van der Waals surface area (Å²) >= 11 is 0. The monoisotopic (exact) mass is 353 g/mol. The molecule has 2 rings (SSSR count). The minimum absolute atomic E-state index is 0.227. The molecular weight excluding hydrogens is 330 g/mol. The maximum atomic E-state index is 12.4. The third-order valence-corrected chi connectivity index (χ3v) is 4.67. The molecule has 9 heteroatoms. The van der Waals surface area contributed by atoms with Crippen molar-refractivity contribution in [1.82, 2.24) is 15.5 Å². The fourth-order valence-electron chi connectivity index (χ4n) is 3.25. The van der Waals surface area contributed by atoms with Gasteiger partial charge in [-0.3, -0.25) is 24.1 Å². The van der Waals surface area contributed by atoms with Gasteiger partial charge < -0.3 is 15.4 Å². The second-order valence-electron chi connectivity index (χ2n) is 6.28. The van der Waals surface area contributed by atoms with Crippen LogP contribution in [0.2, 0.25) is 0 Å². The van der Waals surface area contributed by atoms with Crippen molar-refractivity contribution in [3.05, 3.63) is 0 Å². The SMILES string of the molecule is CNC(=O)CNC(=O)COC(=O)[C@H](C)N1C(=O)[C@H]2CCCC[C@@H]2C1=O. The van der Waals surface area contributed by atoms with E-state index in [2.05, 4.69) is 10.6 Å². The van der Waals surface area contributed by atoms with Gasteiger partial charge >= 0.3 is 5.97 Å². The Morgan fingerprint density at radius 2 is 1.68 bits per heavy atom. The van der Waals surface area contributed by atoms with Crippen molar-refractivity contribution in [1.29, 1.82) is 0 Å². The Bertz CT molecular complexity index is 566. The van der Waals surface area contributed by atoms with E-state index in [-0.39, 0.29) is 36.1 Å². The smallest absolute Gasteiger partial charge is 0.329 e. The number of carbonyl (C=O) groups is 5. The Balaban J connectivity index is 1.87. The molecule has 9 nitrogen and oxygen atoms in total. The van der Waals surface area contributed by atoms with Crippen molar-refractivity contribution in [3.8, 4) is 0 Å². The molecule has 4 amide bonds. The molecule has 1 saturated carbocycles. The van der Waals surface area contributed by atoms with E-state index in [9.17, 15) is 24.0 Å². The summed E-state index contributed by atoms with van der Waals surface area (Å²) < 4.78 is 4.87. The molecule has 25 heavy (non-hydrogen) atoms. The Kier molecular flexibility index (Phi) is 6.11. The average molecular weight is 353 g/mol. The molecule has 0 aromatic carbocycles. The lowest BCUT2D eigenvalue weighted by Gasteiger charge is -2.21. The molecule has 0 aromatic rings. The van der Waals surface area contributed by atoms with Crippen LogP contribution in [0.25, 0.3) is 0 Å². The second kappa shape index (κ2) is 8.09. The fraction of sp³-hybridized carbons (Fsp3) is 0.688. The number of likely N-dealkylation sites (tertiary alicyclic amines) is 1. The molecule has 138 valence electrons. The zero-order chi connectivity index (χ0) is 18.6. The van der Waals surface area contributed by atoms with E-state index < -0.39 is 24.5 Å². The molecule has 0 aromatic heterocycles. The predicted octanol–water partition coefficient (Wildman–Crippen LogP) is -1.04. The third kappa shape index (κ3) is 4.15. The van der Waals surface area contributed by atoms with E-state index in [0.717, 1.165) is 17.7 Å². The van der Waals surface area contributed by atoms with Gasteiger partial charge in [-0.25, -0.2) is 4.79 Å². The molecule has 1 saturated heterocycles. The maximum absolute atomic E-state index is 12.4. The lowest BCUT2D eigenvalue weighted by molar-refractivity contribution is -0.159. The molecule has 1 aliphatic heterocycles. The van der Waals surface area contributed by atoms with Gasteiger partial charge in [-0.15, -0.1) is 0 Å². The highest BCUT2D eigenvalue weighted by atomic mass is 16.5. The third-order valence-electron chi connectivity index (χ3n) is 4.67. The van der Waals surface area contributed by atoms with Crippen LogP contribution in [0.15, 0.2) is 0 Å². The molecule has 2 aliphatic rings. The van der Waals surface area contributed by atoms with Gasteiger partial charge in [0, 0.05) is 7.05 Å². The number of imide groups is 1. The number of nitrogens with zero attached hydrogens (tertiary/aromatic N) is 1. The van der Waals surface area contributed by atoms with E-state index in [4.69, 9.17) is 4.74 Å². The van der Waals surface area contributed by atoms with Gasteiger partial charge in [0.1, 0.15) is 6.04 Å². The van der Waals surface area contributed by atoms with Gasteiger partial charge in [0.15, 0.2) is 6.61 Å². The lowest BCUT2D eigenvalue weighted by atomic mass is 9.81. The first-order valence-corrected chi connectivity index (χ1v) is 8.37. The number of likely N-dealkylation sites (N-methyl/N-ethyl adjacent to an activating group) is 1. The van der Waals surface area contributed by atoms with Gasteiger partial charge in [0.05, 0.1) is 18.4 Å². The number of hydrogen-bond acceptors (Lipinski definition) is 6. The van der Waals surface area contributed by atoms with Crippen LogP contribution in [0.4, 0.5) is 0 Å². The molecule has 1 aliphatic carbocycles. The summed E-state index contributed by atoms with van der Waals surface area (Å²) in [4.78, 5) is 60.5. The number of nitrogens with one attached hydrogen (secondary N) is 2. The summed E-state index contributed by atoms with van der Waals surface area (Å²) in [6, 6.07) is -1.07. The van der Waals surface area contributed by atoms with Crippen LogP contribution in [0, 0.1) is 11.8 Å². The highest BCUT2D eigenvalue weighted by molar-refractivity contribution is 6.07. The standard InChI is InChI=1S/C16H23N3O6/c1-9(16(24)25-8-13(21)18-7-12(20)17-2)19-14(22)10-5-3-4-6-11(10)15(19)23/h9-11H,3-8H2,1-2H3,(H,17,20)(H,18,21)/t9-,10-,11-/m0/s1. The van der Waals surface area contributed by atoms with Crippen molar-refractivity contribution in [2.45, 2.75) is 38.6 Å². The minimum Gasteiger partial charge on any atom is -0.454 e. The van der Waals surface area contributed by atoms with E-state index in [1.54, 1.807) is 0 Å². The maximum Gasteiger partial charge on any atom is 0.329 e. The van der Waals surface area contributed by atoms with Crippen LogP contribution in [0.5, 0.6) is 0 Å². The second-order valence-corrected chi connectivity index (χ2v) is 6.28. The number of amides is 4. The van der Waals surface area contributed by atoms with Gasteiger partial charge in [-0.1, -0.05) is 12.8 Å². The Labute approximate surface area is 145 Å². The number of hydrogen-bond donors (Lipinski definition) is 2. The number of fused-ring (bicyclic) bond motifs is 1. The quantitative estimate of drug-likeness (QED) is 0.464. The number of esters is 1. The van der Waals surface area contributed by atoms with Crippen LogP contribution in [0.3, 0.4) is 0 Å².